The molecule has 150 valence electrons. The fraction of sp³-hybridized carbons (Fsp3) is 0.444. The SMILES string of the molecule is Cc1ccc(-c2nnc(CNC(=O)C3CCN(C(=O)C(F)(F)F)CC3)o2)cc1. The first-order valence-electron chi connectivity index (χ1n) is 8.77. The van der Waals surface area contributed by atoms with Gasteiger partial charge in [0.15, 0.2) is 0 Å². The molecule has 1 aliphatic heterocycles. The monoisotopic (exact) mass is 396 g/mol. The van der Waals surface area contributed by atoms with Gasteiger partial charge in [0, 0.05) is 24.6 Å². The van der Waals surface area contributed by atoms with E-state index in [0.29, 0.717) is 5.89 Å². The number of carbonyl (C=O) groups excluding carboxylic acids is 2. The number of amides is 2. The average Bonchev–Trinajstić information content (AvgIpc) is 3.14. The Morgan fingerprint density at radius 1 is 1.18 bits per heavy atom. The molecular formula is C18H19F3N4O3. The fourth-order valence-corrected chi connectivity index (χ4v) is 2.97. The van der Waals surface area contributed by atoms with Gasteiger partial charge < -0.3 is 14.6 Å². The number of likely N-dealkylation sites (tertiary alicyclic amines) is 1. The third kappa shape index (κ3) is 4.68. The third-order valence-corrected chi connectivity index (χ3v) is 4.57. The van der Waals surface area contributed by atoms with Crippen LogP contribution in [-0.4, -0.2) is 46.2 Å². The highest BCUT2D eigenvalue weighted by molar-refractivity contribution is 5.83. The molecule has 1 aliphatic rings. The Kier molecular flexibility index (Phi) is 5.66. The van der Waals surface area contributed by atoms with Crippen LogP contribution in [0.15, 0.2) is 28.7 Å². The molecule has 10 heteroatoms. The van der Waals surface area contributed by atoms with Crippen molar-refractivity contribution in [1.29, 1.82) is 0 Å². The molecule has 3 rings (SSSR count). The number of hydrogen-bond donors (Lipinski definition) is 1. The second-order valence-corrected chi connectivity index (χ2v) is 6.65. The predicted octanol–water partition coefficient (Wildman–Crippen LogP) is 2.46. The van der Waals surface area contributed by atoms with Crippen molar-refractivity contribution in [2.45, 2.75) is 32.5 Å². The number of piperidine rings is 1. The topological polar surface area (TPSA) is 88.3 Å². The molecule has 0 spiro atoms. The number of aromatic nitrogens is 2. The van der Waals surface area contributed by atoms with Gasteiger partial charge in [-0.3, -0.25) is 9.59 Å². The van der Waals surface area contributed by atoms with Crippen LogP contribution in [0.1, 0.15) is 24.3 Å². The number of benzene rings is 1. The molecule has 1 N–H and O–H groups in total. The van der Waals surface area contributed by atoms with Crippen molar-refractivity contribution in [1.82, 2.24) is 20.4 Å². The summed E-state index contributed by atoms with van der Waals surface area (Å²) in [7, 11) is 0. The summed E-state index contributed by atoms with van der Waals surface area (Å²) >= 11 is 0. The van der Waals surface area contributed by atoms with Gasteiger partial charge in [0.1, 0.15) is 0 Å². The standard InChI is InChI=1S/C18H19F3N4O3/c1-11-2-4-13(5-3-11)16-24-23-14(28-16)10-22-15(26)12-6-8-25(9-7-12)17(27)18(19,20)21/h2-5,12H,6-10H2,1H3,(H,22,26). The van der Waals surface area contributed by atoms with E-state index >= 15 is 0 Å². The molecule has 0 saturated carbocycles. The van der Waals surface area contributed by atoms with Crippen LogP contribution in [0.2, 0.25) is 0 Å². The molecule has 2 aromatic rings. The van der Waals surface area contributed by atoms with Crippen LogP contribution < -0.4 is 5.32 Å². The second-order valence-electron chi connectivity index (χ2n) is 6.65. The Morgan fingerprint density at radius 3 is 2.43 bits per heavy atom. The minimum atomic E-state index is -4.89. The maximum Gasteiger partial charge on any atom is 0.471 e. The van der Waals surface area contributed by atoms with Crippen LogP contribution in [0.3, 0.4) is 0 Å². The van der Waals surface area contributed by atoms with Gasteiger partial charge in [-0.15, -0.1) is 10.2 Å². The van der Waals surface area contributed by atoms with Crippen molar-refractivity contribution in [3.8, 4) is 11.5 Å². The molecule has 0 unspecified atom stereocenters. The summed E-state index contributed by atoms with van der Waals surface area (Å²) in [4.78, 5) is 24.2. The number of carbonyl (C=O) groups is 2. The molecular weight excluding hydrogens is 377 g/mol. The molecule has 2 amide bonds. The summed E-state index contributed by atoms with van der Waals surface area (Å²) in [6.45, 7) is 1.78. The molecule has 0 aliphatic carbocycles. The normalized spacial score (nSPS) is 15.5. The quantitative estimate of drug-likeness (QED) is 0.858. The zero-order valence-corrected chi connectivity index (χ0v) is 15.1. The zero-order chi connectivity index (χ0) is 20.3. The van der Waals surface area contributed by atoms with Crippen molar-refractivity contribution in [2.24, 2.45) is 5.92 Å². The van der Waals surface area contributed by atoms with Crippen LogP contribution in [-0.2, 0) is 16.1 Å². The number of hydrogen-bond acceptors (Lipinski definition) is 5. The summed E-state index contributed by atoms with van der Waals surface area (Å²) in [5.74, 6) is -2.07. The molecule has 0 atom stereocenters. The first-order chi connectivity index (χ1) is 13.2. The Hall–Kier alpha value is -2.91. The van der Waals surface area contributed by atoms with Crippen LogP contribution in [0.25, 0.3) is 11.5 Å². The summed E-state index contributed by atoms with van der Waals surface area (Å²) in [5, 5.41) is 10.5. The van der Waals surface area contributed by atoms with Crippen molar-refractivity contribution in [2.75, 3.05) is 13.1 Å². The summed E-state index contributed by atoms with van der Waals surface area (Å²) in [6.07, 6.45) is -4.54. The maximum absolute atomic E-state index is 12.4. The molecule has 1 aromatic heterocycles. The lowest BCUT2D eigenvalue weighted by Gasteiger charge is -2.31. The first kappa shape index (κ1) is 19.8. The highest BCUT2D eigenvalue weighted by Gasteiger charge is 2.43. The molecule has 1 saturated heterocycles. The van der Waals surface area contributed by atoms with Crippen LogP contribution in [0, 0.1) is 12.8 Å². The lowest BCUT2D eigenvalue weighted by molar-refractivity contribution is -0.186. The van der Waals surface area contributed by atoms with E-state index in [1.165, 1.54) is 0 Å². The lowest BCUT2D eigenvalue weighted by Crippen LogP contribution is -2.47. The second kappa shape index (κ2) is 7.99. The minimum Gasteiger partial charge on any atom is -0.419 e. The van der Waals surface area contributed by atoms with Gasteiger partial charge in [-0.1, -0.05) is 17.7 Å². The Bertz CT molecular complexity index is 841. The summed E-state index contributed by atoms with van der Waals surface area (Å²) < 4.78 is 42.9. The Labute approximate surface area is 158 Å². The summed E-state index contributed by atoms with van der Waals surface area (Å²) in [6, 6.07) is 7.52. The van der Waals surface area contributed by atoms with Crippen molar-refractivity contribution in [3.05, 3.63) is 35.7 Å². The van der Waals surface area contributed by atoms with E-state index in [1.54, 1.807) is 0 Å². The first-order valence-corrected chi connectivity index (χ1v) is 8.77. The van der Waals surface area contributed by atoms with Gasteiger partial charge in [0.2, 0.25) is 17.7 Å². The number of nitrogens with one attached hydrogen (secondary N) is 1. The maximum atomic E-state index is 12.4. The van der Waals surface area contributed by atoms with Crippen molar-refractivity contribution in [3.63, 3.8) is 0 Å². The predicted molar refractivity (Wildman–Crippen MR) is 91.7 cm³/mol. The number of alkyl halides is 3. The van der Waals surface area contributed by atoms with E-state index in [9.17, 15) is 22.8 Å². The largest absolute Gasteiger partial charge is 0.471 e. The van der Waals surface area contributed by atoms with Crippen molar-refractivity contribution < 1.29 is 27.2 Å². The molecule has 1 fully saturated rings. The molecule has 0 bridgehead atoms. The van der Waals surface area contributed by atoms with E-state index in [1.807, 2.05) is 31.2 Å². The van der Waals surface area contributed by atoms with E-state index in [2.05, 4.69) is 15.5 Å². The van der Waals surface area contributed by atoms with Gasteiger partial charge in [-0.25, -0.2) is 0 Å². The number of nitrogens with zero attached hydrogens (tertiary/aromatic N) is 3. The molecule has 0 radical (unpaired) electrons. The highest BCUT2D eigenvalue weighted by Crippen LogP contribution is 2.24. The fourth-order valence-electron chi connectivity index (χ4n) is 2.97. The molecule has 2 heterocycles. The number of halogens is 3. The summed E-state index contributed by atoms with van der Waals surface area (Å²) in [5.41, 5.74) is 1.86. The van der Waals surface area contributed by atoms with Gasteiger partial charge in [-0.05, 0) is 31.9 Å². The molecule has 1 aromatic carbocycles. The Balaban J connectivity index is 1.49. The third-order valence-electron chi connectivity index (χ3n) is 4.57. The lowest BCUT2D eigenvalue weighted by atomic mass is 9.96. The number of aryl methyl sites for hydroxylation is 1. The highest BCUT2D eigenvalue weighted by atomic mass is 19.4. The van der Waals surface area contributed by atoms with Crippen LogP contribution in [0.4, 0.5) is 13.2 Å². The van der Waals surface area contributed by atoms with Gasteiger partial charge in [0.25, 0.3) is 0 Å². The Morgan fingerprint density at radius 2 is 1.82 bits per heavy atom. The van der Waals surface area contributed by atoms with Gasteiger partial charge >= 0.3 is 12.1 Å². The zero-order valence-electron chi connectivity index (χ0n) is 15.1. The molecule has 7 nitrogen and oxygen atoms in total. The average molecular weight is 396 g/mol. The van der Waals surface area contributed by atoms with Crippen molar-refractivity contribution >= 4 is 11.8 Å². The van der Waals surface area contributed by atoms with E-state index in [-0.39, 0.29) is 44.3 Å². The van der Waals surface area contributed by atoms with Crippen LogP contribution >= 0.6 is 0 Å². The van der Waals surface area contributed by atoms with Gasteiger partial charge in [0.05, 0.1) is 6.54 Å². The van der Waals surface area contributed by atoms with E-state index in [0.717, 1.165) is 16.0 Å². The van der Waals surface area contributed by atoms with Gasteiger partial charge in [-0.2, -0.15) is 13.2 Å². The smallest absolute Gasteiger partial charge is 0.419 e. The van der Waals surface area contributed by atoms with E-state index in [4.69, 9.17) is 4.42 Å². The van der Waals surface area contributed by atoms with E-state index < -0.39 is 18.0 Å². The minimum absolute atomic E-state index is 0.0272. The number of rotatable bonds is 4. The van der Waals surface area contributed by atoms with Crippen LogP contribution in [0.5, 0.6) is 0 Å². The molecule has 28 heavy (non-hydrogen) atoms.